The van der Waals surface area contributed by atoms with Crippen LogP contribution in [0.25, 0.3) is 0 Å². The Labute approximate surface area is 202 Å². The Morgan fingerprint density at radius 3 is 2.06 bits per heavy atom. The van der Waals surface area contributed by atoms with Crippen LogP contribution in [0.1, 0.15) is 52.0 Å². The highest BCUT2D eigenvalue weighted by atomic mass is 16.6. The molecule has 2 aliphatic heterocycles. The van der Waals surface area contributed by atoms with E-state index in [-0.39, 0.29) is 36.0 Å². The molecule has 8 nitrogen and oxygen atoms in total. The van der Waals surface area contributed by atoms with Gasteiger partial charge in [-0.1, -0.05) is 30.3 Å². The lowest BCUT2D eigenvalue weighted by molar-refractivity contribution is -0.140. The highest BCUT2D eigenvalue weighted by molar-refractivity contribution is 5.79. The van der Waals surface area contributed by atoms with Crippen molar-refractivity contribution in [1.82, 2.24) is 14.7 Å². The van der Waals surface area contributed by atoms with E-state index in [1.807, 2.05) is 56.0 Å². The molecule has 3 aliphatic rings. The Morgan fingerprint density at radius 1 is 0.882 bits per heavy atom. The van der Waals surface area contributed by atoms with E-state index in [9.17, 15) is 14.4 Å². The first-order valence-corrected chi connectivity index (χ1v) is 12.4. The van der Waals surface area contributed by atoms with Crippen molar-refractivity contribution in [1.29, 1.82) is 0 Å². The van der Waals surface area contributed by atoms with Crippen LogP contribution in [0.3, 0.4) is 0 Å². The largest absolute Gasteiger partial charge is 0.445 e. The van der Waals surface area contributed by atoms with Crippen molar-refractivity contribution >= 4 is 18.1 Å². The quantitative estimate of drug-likeness (QED) is 0.668. The van der Waals surface area contributed by atoms with Gasteiger partial charge in [-0.2, -0.15) is 0 Å². The molecule has 3 fully saturated rings. The highest BCUT2D eigenvalue weighted by Crippen LogP contribution is 2.46. The fourth-order valence-corrected chi connectivity index (χ4v) is 5.19. The SMILES string of the molecule is CC(C)(C)OC(=O)N1CC2(CCC(C(=O)N3CCN(C(=O)OCc4ccccc4)CC3)CC2)C1. The molecule has 0 bridgehead atoms. The number of benzene rings is 1. The molecule has 1 saturated carbocycles. The fraction of sp³-hybridized carbons (Fsp3) is 0.654. The maximum atomic E-state index is 13.1. The Kier molecular flexibility index (Phi) is 7.05. The number of carbonyl (C=O) groups excluding carboxylic acids is 3. The minimum Gasteiger partial charge on any atom is -0.445 e. The van der Waals surface area contributed by atoms with Crippen molar-refractivity contribution in [3.05, 3.63) is 35.9 Å². The molecule has 0 radical (unpaired) electrons. The number of amides is 3. The van der Waals surface area contributed by atoms with Gasteiger partial charge in [0.1, 0.15) is 12.2 Å². The molecule has 0 atom stereocenters. The first-order chi connectivity index (χ1) is 16.1. The van der Waals surface area contributed by atoms with Crippen LogP contribution in [-0.4, -0.2) is 77.7 Å². The van der Waals surface area contributed by atoms with Gasteiger partial charge in [0, 0.05) is 50.6 Å². The molecule has 34 heavy (non-hydrogen) atoms. The Morgan fingerprint density at radius 2 is 1.47 bits per heavy atom. The smallest absolute Gasteiger partial charge is 0.410 e. The number of piperazine rings is 1. The lowest BCUT2D eigenvalue weighted by Gasteiger charge is -2.53. The summed E-state index contributed by atoms with van der Waals surface area (Å²) in [6, 6.07) is 9.62. The maximum Gasteiger partial charge on any atom is 0.410 e. The molecule has 2 heterocycles. The molecule has 3 amide bonds. The summed E-state index contributed by atoms with van der Waals surface area (Å²) in [7, 11) is 0. The number of hydrogen-bond donors (Lipinski definition) is 0. The van der Waals surface area contributed by atoms with E-state index in [2.05, 4.69) is 0 Å². The molecule has 4 rings (SSSR count). The number of ether oxygens (including phenoxy) is 2. The first kappa shape index (κ1) is 24.4. The maximum absolute atomic E-state index is 13.1. The summed E-state index contributed by atoms with van der Waals surface area (Å²) in [6.07, 6.45) is 3.09. The molecule has 186 valence electrons. The van der Waals surface area contributed by atoms with E-state index in [1.165, 1.54) is 0 Å². The van der Waals surface area contributed by atoms with E-state index in [1.54, 1.807) is 9.80 Å². The monoisotopic (exact) mass is 471 g/mol. The Balaban J connectivity index is 1.16. The van der Waals surface area contributed by atoms with Crippen molar-refractivity contribution < 1.29 is 23.9 Å². The third-order valence-electron chi connectivity index (χ3n) is 7.15. The second kappa shape index (κ2) is 9.84. The standard InChI is InChI=1S/C26H37N3O5/c1-25(2,3)34-24(32)29-18-26(19-29)11-9-21(10-12-26)22(30)27-13-15-28(16-14-27)23(31)33-17-20-7-5-4-6-8-20/h4-8,21H,9-19H2,1-3H3. The number of likely N-dealkylation sites (tertiary alicyclic amines) is 1. The van der Waals surface area contributed by atoms with E-state index >= 15 is 0 Å². The highest BCUT2D eigenvalue weighted by Gasteiger charge is 2.49. The zero-order valence-electron chi connectivity index (χ0n) is 20.6. The third kappa shape index (κ3) is 5.83. The average molecular weight is 472 g/mol. The van der Waals surface area contributed by atoms with Crippen LogP contribution in [0, 0.1) is 11.3 Å². The molecule has 1 spiro atoms. The van der Waals surface area contributed by atoms with Crippen molar-refractivity contribution in [2.75, 3.05) is 39.3 Å². The predicted molar refractivity (Wildman–Crippen MR) is 127 cm³/mol. The normalized spacial score (nSPS) is 20.6. The van der Waals surface area contributed by atoms with Gasteiger partial charge in [0.05, 0.1) is 0 Å². The van der Waals surface area contributed by atoms with Gasteiger partial charge in [-0.05, 0) is 52.0 Å². The Hall–Kier alpha value is -2.77. The van der Waals surface area contributed by atoms with E-state index in [4.69, 9.17) is 9.47 Å². The van der Waals surface area contributed by atoms with Crippen LogP contribution < -0.4 is 0 Å². The van der Waals surface area contributed by atoms with E-state index in [0.29, 0.717) is 26.2 Å². The van der Waals surface area contributed by atoms with Gasteiger partial charge in [-0.3, -0.25) is 4.79 Å². The number of hydrogen-bond acceptors (Lipinski definition) is 5. The number of rotatable bonds is 3. The lowest BCUT2D eigenvalue weighted by Crippen LogP contribution is -2.60. The molecule has 0 unspecified atom stereocenters. The molecule has 0 N–H and O–H groups in total. The molecule has 1 aromatic carbocycles. The summed E-state index contributed by atoms with van der Waals surface area (Å²) in [6.45, 7) is 9.45. The topological polar surface area (TPSA) is 79.4 Å². The molecule has 0 aromatic heterocycles. The van der Waals surface area contributed by atoms with Crippen molar-refractivity contribution in [2.45, 2.75) is 58.7 Å². The molecule has 2 saturated heterocycles. The molecule has 1 aromatic rings. The summed E-state index contributed by atoms with van der Waals surface area (Å²) in [5.74, 6) is 0.244. The molecule has 8 heteroatoms. The summed E-state index contributed by atoms with van der Waals surface area (Å²) in [4.78, 5) is 43.1. The van der Waals surface area contributed by atoms with Crippen LogP contribution in [0.15, 0.2) is 30.3 Å². The van der Waals surface area contributed by atoms with Crippen LogP contribution in [0.5, 0.6) is 0 Å². The number of nitrogens with zero attached hydrogens (tertiary/aromatic N) is 3. The zero-order valence-corrected chi connectivity index (χ0v) is 20.6. The molecular weight excluding hydrogens is 434 g/mol. The summed E-state index contributed by atoms with van der Waals surface area (Å²) in [5.41, 5.74) is 0.627. The van der Waals surface area contributed by atoms with Crippen LogP contribution in [0.4, 0.5) is 9.59 Å². The number of carbonyl (C=O) groups is 3. The minimum absolute atomic E-state index is 0.0396. The van der Waals surface area contributed by atoms with Gasteiger partial charge in [-0.15, -0.1) is 0 Å². The summed E-state index contributed by atoms with van der Waals surface area (Å²) in [5, 5.41) is 0. The van der Waals surface area contributed by atoms with E-state index < -0.39 is 5.60 Å². The van der Waals surface area contributed by atoms with Gasteiger partial charge >= 0.3 is 12.2 Å². The lowest BCUT2D eigenvalue weighted by atomic mass is 9.66. The Bertz CT molecular complexity index is 873. The second-order valence-corrected chi connectivity index (χ2v) is 11.0. The van der Waals surface area contributed by atoms with Crippen molar-refractivity contribution in [3.63, 3.8) is 0 Å². The van der Waals surface area contributed by atoms with Gasteiger partial charge in [0.2, 0.25) is 5.91 Å². The minimum atomic E-state index is -0.480. The molecular formula is C26H37N3O5. The van der Waals surface area contributed by atoms with Crippen molar-refractivity contribution in [3.8, 4) is 0 Å². The first-order valence-electron chi connectivity index (χ1n) is 12.4. The summed E-state index contributed by atoms with van der Waals surface area (Å²) >= 11 is 0. The zero-order chi connectivity index (χ0) is 24.3. The predicted octanol–water partition coefficient (Wildman–Crippen LogP) is 3.89. The van der Waals surface area contributed by atoms with Crippen LogP contribution >= 0.6 is 0 Å². The van der Waals surface area contributed by atoms with Gasteiger partial charge in [0.15, 0.2) is 0 Å². The van der Waals surface area contributed by atoms with Gasteiger partial charge in [0.25, 0.3) is 0 Å². The van der Waals surface area contributed by atoms with Gasteiger partial charge < -0.3 is 24.2 Å². The molecule has 1 aliphatic carbocycles. The van der Waals surface area contributed by atoms with E-state index in [0.717, 1.165) is 44.3 Å². The van der Waals surface area contributed by atoms with Crippen LogP contribution in [0.2, 0.25) is 0 Å². The third-order valence-corrected chi connectivity index (χ3v) is 7.15. The fourth-order valence-electron chi connectivity index (χ4n) is 5.19. The second-order valence-electron chi connectivity index (χ2n) is 11.0. The van der Waals surface area contributed by atoms with Crippen LogP contribution in [-0.2, 0) is 20.9 Å². The van der Waals surface area contributed by atoms with Crippen molar-refractivity contribution in [2.24, 2.45) is 11.3 Å². The average Bonchev–Trinajstić information content (AvgIpc) is 2.80. The summed E-state index contributed by atoms with van der Waals surface area (Å²) < 4.78 is 10.9. The van der Waals surface area contributed by atoms with Gasteiger partial charge in [-0.25, -0.2) is 9.59 Å².